The molecule has 1 aliphatic carbocycles. The third-order valence-corrected chi connectivity index (χ3v) is 7.81. The maximum atomic E-state index is 14.8. The number of aryl methyl sites for hydroxylation is 5. The van der Waals surface area contributed by atoms with Gasteiger partial charge >= 0.3 is 0 Å². The zero-order chi connectivity index (χ0) is 23.0. The molecule has 0 aliphatic heterocycles. The summed E-state index contributed by atoms with van der Waals surface area (Å²) in [7, 11) is 0. The van der Waals surface area contributed by atoms with E-state index in [9.17, 15) is 4.39 Å². The van der Waals surface area contributed by atoms with Crippen molar-refractivity contribution in [2.24, 2.45) is 0 Å². The Morgan fingerprint density at radius 2 is 1.47 bits per heavy atom. The smallest absolute Gasteiger partial charge is 0.126 e. The largest absolute Gasteiger partial charge is 0.207 e. The highest BCUT2D eigenvalue weighted by atomic mass is 19.1. The van der Waals surface area contributed by atoms with Gasteiger partial charge in [-0.2, -0.15) is 0 Å². The van der Waals surface area contributed by atoms with Crippen LogP contribution >= 0.6 is 0 Å². The average Bonchev–Trinajstić information content (AvgIpc) is 2.80. The fourth-order valence-corrected chi connectivity index (χ4v) is 5.82. The molecule has 0 saturated heterocycles. The Morgan fingerprint density at radius 1 is 0.781 bits per heavy atom. The van der Waals surface area contributed by atoms with Crippen LogP contribution in [-0.2, 0) is 25.7 Å². The second-order valence-corrected chi connectivity index (χ2v) is 9.64. The topological polar surface area (TPSA) is 0 Å². The van der Waals surface area contributed by atoms with Crippen LogP contribution in [-0.4, -0.2) is 0 Å². The van der Waals surface area contributed by atoms with Gasteiger partial charge in [-0.15, -0.1) is 0 Å². The van der Waals surface area contributed by atoms with E-state index >= 15 is 0 Å². The average molecular weight is 429 g/mol. The Hall–Kier alpha value is -2.41. The SMILES string of the molecule is CCc1cc(C)c2c(c1)C(c1ccc(C)c(F)c1)C(c1cc(CC)c(C)c(CC)c1)CC2. The van der Waals surface area contributed by atoms with Crippen LogP contribution in [0, 0.1) is 26.6 Å². The summed E-state index contributed by atoms with van der Waals surface area (Å²) in [6, 6.07) is 15.6. The molecule has 3 aromatic rings. The van der Waals surface area contributed by atoms with Crippen molar-refractivity contribution < 1.29 is 4.39 Å². The van der Waals surface area contributed by atoms with E-state index in [4.69, 9.17) is 0 Å². The molecule has 32 heavy (non-hydrogen) atoms. The van der Waals surface area contributed by atoms with Gasteiger partial charge in [-0.1, -0.05) is 57.2 Å². The molecule has 0 heterocycles. The fourth-order valence-electron chi connectivity index (χ4n) is 5.82. The van der Waals surface area contributed by atoms with E-state index < -0.39 is 0 Å². The molecule has 0 amide bonds. The zero-order valence-corrected chi connectivity index (χ0v) is 20.6. The molecule has 0 radical (unpaired) electrons. The Kier molecular flexibility index (Phi) is 6.56. The standard InChI is InChI=1S/C31H37F/c1-7-22-14-20(5)27-12-13-28(26-16-23(8-2)21(6)24(9-3)17-26)31(29(27)15-22)25-11-10-19(4)30(32)18-25/h10-11,14-18,28,31H,7-9,12-13H2,1-6H3. The molecule has 0 fully saturated rings. The zero-order valence-electron chi connectivity index (χ0n) is 20.6. The van der Waals surface area contributed by atoms with E-state index in [1.165, 1.54) is 44.5 Å². The number of fused-ring (bicyclic) bond motifs is 1. The van der Waals surface area contributed by atoms with Gasteiger partial charge in [-0.3, -0.25) is 0 Å². The Morgan fingerprint density at radius 3 is 2.06 bits per heavy atom. The Labute approximate surface area is 193 Å². The molecule has 0 nitrogen and oxygen atoms in total. The minimum Gasteiger partial charge on any atom is -0.207 e. The molecule has 0 bridgehead atoms. The lowest BCUT2D eigenvalue weighted by atomic mass is 9.67. The normalized spacial score (nSPS) is 18.0. The summed E-state index contributed by atoms with van der Waals surface area (Å²) in [5, 5.41) is 0. The van der Waals surface area contributed by atoms with Gasteiger partial charge in [0.05, 0.1) is 0 Å². The van der Waals surface area contributed by atoms with Crippen molar-refractivity contribution in [1.29, 1.82) is 0 Å². The van der Waals surface area contributed by atoms with Crippen molar-refractivity contribution in [3.05, 3.63) is 104 Å². The molecule has 2 atom stereocenters. The minimum atomic E-state index is -0.0934. The quantitative estimate of drug-likeness (QED) is 0.383. The van der Waals surface area contributed by atoms with Crippen LogP contribution in [0.5, 0.6) is 0 Å². The molecule has 0 spiro atoms. The first-order valence-electron chi connectivity index (χ1n) is 12.4. The monoisotopic (exact) mass is 428 g/mol. The Bertz CT molecular complexity index is 1110. The first-order valence-corrected chi connectivity index (χ1v) is 12.4. The predicted octanol–water partition coefficient (Wildman–Crippen LogP) is 8.30. The van der Waals surface area contributed by atoms with Gasteiger partial charge in [0.15, 0.2) is 0 Å². The fraction of sp³-hybridized carbons (Fsp3) is 0.419. The summed E-state index contributed by atoms with van der Waals surface area (Å²) in [5.74, 6) is 0.465. The second-order valence-electron chi connectivity index (χ2n) is 9.64. The predicted molar refractivity (Wildman–Crippen MR) is 135 cm³/mol. The summed E-state index contributed by atoms with van der Waals surface area (Å²) < 4.78 is 14.8. The molecule has 3 aromatic carbocycles. The Balaban J connectivity index is 1.95. The van der Waals surface area contributed by atoms with Crippen LogP contribution in [0.4, 0.5) is 4.39 Å². The van der Waals surface area contributed by atoms with Gasteiger partial charge in [0, 0.05) is 5.92 Å². The second kappa shape index (κ2) is 9.22. The lowest BCUT2D eigenvalue weighted by molar-refractivity contribution is 0.517. The lowest BCUT2D eigenvalue weighted by Gasteiger charge is -2.36. The van der Waals surface area contributed by atoms with Crippen molar-refractivity contribution in [3.63, 3.8) is 0 Å². The molecule has 4 rings (SSSR count). The van der Waals surface area contributed by atoms with Crippen LogP contribution in [0.1, 0.15) is 94.7 Å². The summed E-state index contributed by atoms with van der Waals surface area (Å²) in [6.07, 6.45) is 5.34. The number of hydrogen-bond acceptors (Lipinski definition) is 0. The molecule has 168 valence electrons. The maximum absolute atomic E-state index is 14.8. The summed E-state index contributed by atoms with van der Waals surface area (Å²) in [5.41, 5.74) is 13.3. The van der Waals surface area contributed by atoms with Crippen LogP contribution in [0.25, 0.3) is 0 Å². The highest BCUT2D eigenvalue weighted by molar-refractivity contribution is 5.51. The highest BCUT2D eigenvalue weighted by Crippen LogP contribution is 2.48. The number of hydrogen-bond donors (Lipinski definition) is 0. The van der Waals surface area contributed by atoms with Gasteiger partial charge in [0.25, 0.3) is 0 Å². The molecular formula is C31H37F. The van der Waals surface area contributed by atoms with Gasteiger partial charge < -0.3 is 0 Å². The molecule has 0 N–H and O–H groups in total. The first-order chi connectivity index (χ1) is 15.4. The van der Waals surface area contributed by atoms with Crippen LogP contribution in [0.2, 0.25) is 0 Å². The maximum Gasteiger partial charge on any atom is 0.126 e. The van der Waals surface area contributed by atoms with Crippen molar-refractivity contribution >= 4 is 0 Å². The van der Waals surface area contributed by atoms with E-state index in [2.05, 4.69) is 65.0 Å². The third-order valence-electron chi connectivity index (χ3n) is 7.81. The summed E-state index contributed by atoms with van der Waals surface area (Å²) in [4.78, 5) is 0. The lowest BCUT2D eigenvalue weighted by Crippen LogP contribution is -2.22. The van der Waals surface area contributed by atoms with Crippen molar-refractivity contribution in [1.82, 2.24) is 0 Å². The van der Waals surface area contributed by atoms with E-state index in [1.807, 2.05) is 13.0 Å². The van der Waals surface area contributed by atoms with Gasteiger partial charge in [-0.25, -0.2) is 4.39 Å². The third kappa shape index (κ3) is 4.03. The summed E-state index contributed by atoms with van der Waals surface area (Å²) in [6.45, 7) is 13.1. The van der Waals surface area contributed by atoms with E-state index in [0.29, 0.717) is 5.92 Å². The molecule has 1 aliphatic rings. The van der Waals surface area contributed by atoms with Crippen molar-refractivity contribution in [2.45, 2.75) is 85.5 Å². The minimum absolute atomic E-state index is 0.0934. The molecular weight excluding hydrogens is 391 g/mol. The highest BCUT2D eigenvalue weighted by Gasteiger charge is 2.33. The molecule has 0 aromatic heterocycles. The molecule has 0 saturated carbocycles. The van der Waals surface area contributed by atoms with E-state index in [-0.39, 0.29) is 11.7 Å². The van der Waals surface area contributed by atoms with Gasteiger partial charge in [0.1, 0.15) is 5.82 Å². The number of rotatable bonds is 5. The molecule has 1 heteroatoms. The van der Waals surface area contributed by atoms with Gasteiger partial charge in [0.2, 0.25) is 0 Å². The number of halogens is 1. The van der Waals surface area contributed by atoms with Crippen LogP contribution in [0.15, 0.2) is 42.5 Å². The summed E-state index contributed by atoms with van der Waals surface area (Å²) >= 11 is 0. The van der Waals surface area contributed by atoms with Crippen molar-refractivity contribution in [3.8, 4) is 0 Å². The van der Waals surface area contributed by atoms with Crippen molar-refractivity contribution in [2.75, 3.05) is 0 Å². The first kappa shape index (κ1) is 22.8. The van der Waals surface area contributed by atoms with Crippen LogP contribution < -0.4 is 0 Å². The number of benzene rings is 3. The van der Waals surface area contributed by atoms with Crippen LogP contribution in [0.3, 0.4) is 0 Å². The van der Waals surface area contributed by atoms with Gasteiger partial charge in [-0.05, 0) is 120 Å². The van der Waals surface area contributed by atoms with E-state index in [1.54, 1.807) is 6.07 Å². The van der Waals surface area contributed by atoms with E-state index in [0.717, 1.165) is 43.2 Å². The molecule has 2 unspecified atom stereocenters.